The summed E-state index contributed by atoms with van der Waals surface area (Å²) in [4.78, 5) is 0. The van der Waals surface area contributed by atoms with Crippen molar-refractivity contribution < 1.29 is 13.5 Å². The first kappa shape index (κ1) is 12.8. The Kier molecular flexibility index (Phi) is 3.81. The van der Waals surface area contributed by atoms with E-state index >= 15 is 0 Å². The second-order valence-electron chi connectivity index (χ2n) is 3.79. The van der Waals surface area contributed by atoms with E-state index in [2.05, 4.69) is 0 Å². The standard InChI is InChI=1S/C13H11F2NOS/c1-9(11-6-5-10(14)8-12(11)15)18-13-4-2-3-7-16(13)17/h2-9H,1H3. The van der Waals surface area contributed by atoms with E-state index in [4.69, 9.17) is 0 Å². The molecule has 0 saturated carbocycles. The monoisotopic (exact) mass is 267 g/mol. The molecule has 1 heterocycles. The molecule has 1 unspecified atom stereocenters. The first-order valence-electron chi connectivity index (χ1n) is 5.37. The van der Waals surface area contributed by atoms with Crippen LogP contribution in [0.1, 0.15) is 17.7 Å². The van der Waals surface area contributed by atoms with Crippen molar-refractivity contribution in [1.29, 1.82) is 0 Å². The smallest absolute Gasteiger partial charge is 0.251 e. The molecule has 0 aliphatic rings. The Bertz CT molecular complexity index is 562. The SMILES string of the molecule is CC(Sc1cccc[n+]1[O-])c1ccc(F)cc1F. The van der Waals surface area contributed by atoms with Crippen molar-refractivity contribution in [2.75, 3.05) is 0 Å². The van der Waals surface area contributed by atoms with Gasteiger partial charge in [0.2, 0.25) is 0 Å². The molecule has 2 aromatic rings. The van der Waals surface area contributed by atoms with Crippen LogP contribution in [0.5, 0.6) is 0 Å². The van der Waals surface area contributed by atoms with Gasteiger partial charge >= 0.3 is 0 Å². The van der Waals surface area contributed by atoms with E-state index in [1.807, 2.05) is 0 Å². The van der Waals surface area contributed by atoms with E-state index in [9.17, 15) is 14.0 Å². The number of rotatable bonds is 3. The second kappa shape index (κ2) is 5.35. The topological polar surface area (TPSA) is 26.9 Å². The van der Waals surface area contributed by atoms with E-state index < -0.39 is 11.6 Å². The van der Waals surface area contributed by atoms with Gasteiger partial charge in [-0.3, -0.25) is 0 Å². The summed E-state index contributed by atoms with van der Waals surface area (Å²) in [6, 6.07) is 8.50. The molecule has 0 radical (unpaired) electrons. The quantitative estimate of drug-likeness (QED) is 0.484. The Labute approximate surface area is 108 Å². The molecule has 0 saturated heterocycles. The highest BCUT2D eigenvalue weighted by molar-refractivity contribution is 7.99. The lowest BCUT2D eigenvalue weighted by atomic mass is 10.1. The van der Waals surface area contributed by atoms with Crippen molar-refractivity contribution in [2.45, 2.75) is 17.2 Å². The third-order valence-corrected chi connectivity index (χ3v) is 3.65. The average molecular weight is 267 g/mol. The molecule has 0 bridgehead atoms. The van der Waals surface area contributed by atoms with Gasteiger partial charge in [-0.25, -0.2) is 8.78 Å². The predicted octanol–water partition coefficient (Wildman–Crippen LogP) is 3.45. The molecule has 2 nitrogen and oxygen atoms in total. The van der Waals surface area contributed by atoms with Crippen LogP contribution in [-0.2, 0) is 0 Å². The lowest BCUT2D eigenvalue weighted by Gasteiger charge is -2.11. The molecule has 0 spiro atoms. The molecule has 1 atom stereocenters. The summed E-state index contributed by atoms with van der Waals surface area (Å²) in [5, 5.41) is 11.7. The average Bonchev–Trinajstić information content (AvgIpc) is 2.32. The number of hydrogen-bond donors (Lipinski definition) is 0. The van der Waals surface area contributed by atoms with Gasteiger partial charge in [-0.15, -0.1) is 0 Å². The molecule has 0 fully saturated rings. The maximum absolute atomic E-state index is 13.6. The van der Waals surface area contributed by atoms with E-state index in [1.165, 1.54) is 30.1 Å². The molecule has 94 valence electrons. The van der Waals surface area contributed by atoms with Crippen LogP contribution in [0.15, 0.2) is 47.6 Å². The summed E-state index contributed by atoms with van der Waals surface area (Å²) in [6.07, 6.45) is 1.38. The summed E-state index contributed by atoms with van der Waals surface area (Å²) in [5.74, 6) is -1.20. The summed E-state index contributed by atoms with van der Waals surface area (Å²) < 4.78 is 27.1. The minimum atomic E-state index is -0.605. The Morgan fingerprint density at radius 3 is 2.67 bits per heavy atom. The minimum absolute atomic E-state index is 0.270. The summed E-state index contributed by atoms with van der Waals surface area (Å²) in [5.41, 5.74) is 0.380. The van der Waals surface area contributed by atoms with Gasteiger partial charge in [0.05, 0.1) is 0 Å². The Hall–Kier alpha value is -1.62. The van der Waals surface area contributed by atoms with Gasteiger partial charge in [0.25, 0.3) is 5.03 Å². The maximum atomic E-state index is 13.6. The van der Waals surface area contributed by atoms with Gasteiger partial charge in [0.1, 0.15) is 11.6 Å². The van der Waals surface area contributed by atoms with Crippen LogP contribution < -0.4 is 4.73 Å². The van der Waals surface area contributed by atoms with Crippen LogP contribution in [0.3, 0.4) is 0 Å². The molecule has 0 amide bonds. The molecular formula is C13H11F2NOS. The molecular weight excluding hydrogens is 256 g/mol. The number of pyridine rings is 1. The molecule has 18 heavy (non-hydrogen) atoms. The third kappa shape index (κ3) is 2.79. The first-order valence-corrected chi connectivity index (χ1v) is 6.25. The van der Waals surface area contributed by atoms with Gasteiger partial charge < -0.3 is 5.21 Å². The van der Waals surface area contributed by atoms with Crippen molar-refractivity contribution in [1.82, 2.24) is 0 Å². The number of benzene rings is 1. The number of aromatic nitrogens is 1. The molecule has 0 N–H and O–H groups in total. The number of thioether (sulfide) groups is 1. The van der Waals surface area contributed by atoms with Crippen molar-refractivity contribution in [3.05, 3.63) is 65.0 Å². The number of halogens is 2. The molecule has 0 aliphatic heterocycles. The Morgan fingerprint density at radius 2 is 2.00 bits per heavy atom. The summed E-state index contributed by atoms with van der Waals surface area (Å²) >= 11 is 1.23. The van der Waals surface area contributed by atoms with E-state index in [1.54, 1.807) is 25.1 Å². The van der Waals surface area contributed by atoms with Crippen LogP contribution in [0.2, 0.25) is 0 Å². The van der Waals surface area contributed by atoms with E-state index in [-0.39, 0.29) is 5.25 Å². The number of hydrogen-bond acceptors (Lipinski definition) is 2. The summed E-state index contributed by atoms with van der Waals surface area (Å²) in [7, 11) is 0. The second-order valence-corrected chi connectivity index (χ2v) is 5.15. The van der Waals surface area contributed by atoms with Crippen LogP contribution in [0.4, 0.5) is 8.78 Å². The van der Waals surface area contributed by atoms with Gasteiger partial charge in [0, 0.05) is 29.0 Å². The van der Waals surface area contributed by atoms with Crippen molar-refractivity contribution in [2.24, 2.45) is 0 Å². The fourth-order valence-electron chi connectivity index (χ4n) is 1.58. The maximum Gasteiger partial charge on any atom is 0.251 e. The van der Waals surface area contributed by atoms with E-state index in [0.29, 0.717) is 10.6 Å². The van der Waals surface area contributed by atoms with Crippen molar-refractivity contribution in [3.63, 3.8) is 0 Å². The lowest BCUT2D eigenvalue weighted by Crippen LogP contribution is -2.27. The third-order valence-electron chi connectivity index (χ3n) is 2.49. The van der Waals surface area contributed by atoms with Crippen molar-refractivity contribution in [3.8, 4) is 0 Å². The molecule has 0 aliphatic carbocycles. The fourth-order valence-corrected chi connectivity index (χ4v) is 2.58. The molecule has 1 aromatic heterocycles. The predicted molar refractivity (Wildman–Crippen MR) is 66.0 cm³/mol. The molecule has 1 aromatic carbocycles. The van der Waals surface area contributed by atoms with Gasteiger partial charge in [0.15, 0.2) is 6.20 Å². The van der Waals surface area contributed by atoms with E-state index in [0.717, 1.165) is 10.8 Å². The normalized spacial score (nSPS) is 12.4. The van der Waals surface area contributed by atoms with Crippen LogP contribution >= 0.6 is 11.8 Å². The first-order chi connectivity index (χ1) is 8.58. The highest BCUT2D eigenvalue weighted by atomic mass is 32.2. The van der Waals surface area contributed by atoms with Crippen LogP contribution in [0.25, 0.3) is 0 Å². The molecule has 5 heteroatoms. The Balaban J connectivity index is 2.22. The summed E-state index contributed by atoms with van der Waals surface area (Å²) in [6.45, 7) is 1.77. The minimum Gasteiger partial charge on any atom is -0.618 e. The largest absolute Gasteiger partial charge is 0.618 e. The number of nitrogens with zero attached hydrogens (tertiary/aromatic N) is 1. The Morgan fingerprint density at radius 1 is 1.22 bits per heavy atom. The van der Waals surface area contributed by atoms with Gasteiger partial charge in [-0.1, -0.05) is 6.07 Å². The van der Waals surface area contributed by atoms with Gasteiger partial charge in [-0.2, -0.15) is 4.73 Å². The zero-order valence-electron chi connectivity index (χ0n) is 9.64. The highest BCUT2D eigenvalue weighted by Crippen LogP contribution is 2.34. The zero-order valence-corrected chi connectivity index (χ0v) is 10.5. The molecule has 2 rings (SSSR count). The lowest BCUT2D eigenvalue weighted by molar-refractivity contribution is -0.645. The van der Waals surface area contributed by atoms with Crippen LogP contribution in [-0.4, -0.2) is 0 Å². The highest BCUT2D eigenvalue weighted by Gasteiger charge is 2.16. The zero-order chi connectivity index (χ0) is 13.1. The van der Waals surface area contributed by atoms with Gasteiger partial charge in [-0.05, 0) is 30.8 Å². The van der Waals surface area contributed by atoms with Crippen LogP contribution in [0, 0.1) is 16.8 Å². The fraction of sp³-hybridized carbons (Fsp3) is 0.154. The van der Waals surface area contributed by atoms with Crippen molar-refractivity contribution >= 4 is 11.8 Å².